The van der Waals surface area contributed by atoms with E-state index in [-0.39, 0.29) is 0 Å². The van der Waals surface area contributed by atoms with Crippen LogP contribution in [-0.2, 0) is 0 Å². The topological polar surface area (TPSA) is 12.0 Å². The van der Waals surface area contributed by atoms with E-state index >= 15 is 0 Å². The van der Waals surface area contributed by atoms with E-state index in [2.05, 4.69) is 151 Å². The monoisotopic (exact) mass is 527 g/mol. The summed E-state index contributed by atoms with van der Waals surface area (Å²) in [6, 6.07) is 52.6. The van der Waals surface area contributed by atoms with Crippen LogP contribution < -0.4 is 5.32 Å². The predicted octanol–water partition coefficient (Wildman–Crippen LogP) is 11.4. The maximum Gasteiger partial charge on any atom is 0.0391 e. The Morgan fingerprint density at radius 2 is 0.950 bits per heavy atom. The first-order valence-electron chi connectivity index (χ1n) is 13.6. The van der Waals surface area contributed by atoms with Crippen molar-refractivity contribution in [3.05, 3.63) is 146 Å². The van der Waals surface area contributed by atoms with Crippen molar-refractivity contribution in [2.75, 3.05) is 5.32 Å². The molecule has 40 heavy (non-hydrogen) atoms. The van der Waals surface area contributed by atoms with Crippen molar-refractivity contribution in [3.63, 3.8) is 0 Å². The summed E-state index contributed by atoms with van der Waals surface area (Å²) in [7, 11) is 0. The van der Waals surface area contributed by atoms with Gasteiger partial charge in [-0.1, -0.05) is 109 Å². The van der Waals surface area contributed by atoms with E-state index in [4.69, 9.17) is 0 Å². The van der Waals surface area contributed by atoms with Crippen LogP contribution in [0.15, 0.2) is 146 Å². The van der Waals surface area contributed by atoms with Gasteiger partial charge in [-0.05, 0) is 80.2 Å². The van der Waals surface area contributed by atoms with Crippen molar-refractivity contribution in [3.8, 4) is 22.3 Å². The molecule has 0 atom stereocenters. The molecule has 0 radical (unpaired) electrons. The first kappa shape index (κ1) is 23.0. The van der Waals surface area contributed by atoms with Gasteiger partial charge >= 0.3 is 0 Å². The van der Waals surface area contributed by atoms with Crippen LogP contribution >= 0.6 is 11.3 Å². The normalized spacial score (nSPS) is 11.5. The predicted molar refractivity (Wildman–Crippen MR) is 175 cm³/mol. The van der Waals surface area contributed by atoms with Crippen molar-refractivity contribution >= 4 is 64.4 Å². The summed E-state index contributed by atoms with van der Waals surface area (Å²) in [5.41, 5.74) is 7.19. The number of nitrogens with one attached hydrogen (secondary N) is 1. The molecule has 1 N–H and O–H groups in total. The summed E-state index contributed by atoms with van der Waals surface area (Å²) in [5, 5.41) is 11.3. The minimum absolute atomic E-state index is 1.08. The lowest BCUT2D eigenvalue weighted by Crippen LogP contribution is -1.90. The Kier molecular flexibility index (Phi) is 5.39. The Bertz CT molecular complexity index is 2180. The minimum Gasteiger partial charge on any atom is -0.356 e. The number of anilines is 2. The lowest BCUT2D eigenvalue weighted by molar-refractivity contribution is 1.56. The molecule has 8 rings (SSSR count). The Hall–Kier alpha value is -4.92. The SMILES string of the molecule is c1ccc2c(-c3cccc4c(-c5ccc(Nc6ccc7sc8ccccc8c7c6)cc5)cccc34)cccc2c1. The number of hydrogen-bond acceptors (Lipinski definition) is 2. The van der Waals surface area contributed by atoms with Gasteiger partial charge in [-0.3, -0.25) is 0 Å². The fraction of sp³-hybridized carbons (Fsp3) is 0. The maximum atomic E-state index is 3.62. The van der Waals surface area contributed by atoms with Crippen molar-refractivity contribution in [1.29, 1.82) is 0 Å². The van der Waals surface area contributed by atoms with E-state index in [1.54, 1.807) is 0 Å². The molecule has 0 spiro atoms. The molecular weight excluding hydrogens is 502 g/mol. The zero-order valence-corrected chi connectivity index (χ0v) is 22.6. The van der Waals surface area contributed by atoms with E-state index in [0.29, 0.717) is 0 Å². The van der Waals surface area contributed by atoms with Gasteiger partial charge in [0, 0.05) is 31.5 Å². The molecule has 1 nitrogen and oxygen atoms in total. The second-order valence-corrected chi connectivity index (χ2v) is 11.3. The molecule has 8 aromatic rings. The van der Waals surface area contributed by atoms with Gasteiger partial charge in [-0.25, -0.2) is 0 Å². The molecule has 7 aromatic carbocycles. The van der Waals surface area contributed by atoms with Gasteiger partial charge in [0.1, 0.15) is 0 Å². The molecule has 0 aliphatic heterocycles. The van der Waals surface area contributed by atoms with Crippen LogP contribution in [0.25, 0.3) is 64.0 Å². The van der Waals surface area contributed by atoms with Crippen LogP contribution in [0.5, 0.6) is 0 Å². The highest BCUT2D eigenvalue weighted by Crippen LogP contribution is 2.39. The summed E-state index contributed by atoms with van der Waals surface area (Å²) >= 11 is 1.85. The Balaban J connectivity index is 1.15. The molecule has 1 aromatic heterocycles. The van der Waals surface area contributed by atoms with Gasteiger partial charge in [0.05, 0.1) is 0 Å². The summed E-state index contributed by atoms with van der Waals surface area (Å²) in [6.07, 6.45) is 0. The quantitative estimate of drug-likeness (QED) is 0.240. The van der Waals surface area contributed by atoms with Crippen molar-refractivity contribution in [2.24, 2.45) is 0 Å². The van der Waals surface area contributed by atoms with Gasteiger partial charge < -0.3 is 5.32 Å². The smallest absolute Gasteiger partial charge is 0.0391 e. The van der Waals surface area contributed by atoms with Crippen LogP contribution in [0.1, 0.15) is 0 Å². The molecule has 188 valence electrons. The average Bonchev–Trinajstić information content (AvgIpc) is 3.39. The van der Waals surface area contributed by atoms with Crippen LogP contribution in [0.2, 0.25) is 0 Å². The Morgan fingerprint density at radius 1 is 0.375 bits per heavy atom. The number of benzene rings is 7. The number of rotatable bonds is 4. The summed E-state index contributed by atoms with van der Waals surface area (Å²) in [4.78, 5) is 0. The van der Waals surface area contributed by atoms with Crippen molar-refractivity contribution in [1.82, 2.24) is 0 Å². The highest BCUT2D eigenvalue weighted by molar-refractivity contribution is 7.25. The highest BCUT2D eigenvalue weighted by Gasteiger charge is 2.11. The van der Waals surface area contributed by atoms with E-state index in [1.165, 1.54) is 64.0 Å². The van der Waals surface area contributed by atoms with Crippen LogP contribution in [0, 0.1) is 0 Å². The fourth-order valence-corrected chi connectivity index (χ4v) is 7.05. The average molecular weight is 528 g/mol. The minimum atomic E-state index is 1.08. The van der Waals surface area contributed by atoms with E-state index in [1.807, 2.05) is 11.3 Å². The molecule has 0 bridgehead atoms. The lowest BCUT2D eigenvalue weighted by Gasteiger charge is -2.14. The third-order valence-electron chi connectivity index (χ3n) is 7.86. The van der Waals surface area contributed by atoms with Gasteiger partial charge in [0.2, 0.25) is 0 Å². The zero-order valence-electron chi connectivity index (χ0n) is 21.8. The molecule has 2 heteroatoms. The van der Waals surface area contributed by atoms with Gasteiger partial charge in [0.25, 0.3) is 0 Å². The number of thiophene rings is 1. The first-order valence-corrected chi connectivity index (χ1v) is 14.4. The van der Waals surface area contributed by atoms with Gasteiger partial charge in [-0.15, -0.1) is 11.3 Å². The first-order chi connectivity index (χ1) is 19.8. The molecule has 0 unspecified atom stereocenters. The fourth-order valence-electron chi connectivity index (χ4n) is 5.96. The zero-order chi connectivity index (χ0) is 26.5. The van der Waals surface area contributed by atoms with E-state index in [0.717, 1.165) is 11.4 Å². The van der Waals surface area contributed by atoms with Crippen molar-refractivity contribution in [2.45, 2.75) is 0 Å². The molecule has 0 aliphatic carbocycles. The highest BCUT2D eigenvalue weighted by atomic mass is 32.1. The standard InChI is InChI=1S/C38H25NS/c1-2-10-29-25(8-1)9-5-13-31(29)34-16-7-14-32-30(12-6-15-33(32)34)26-18-20-27(21-19-26)39-28-22-23-38-36(24-28)35-11-3-4-17-37(35)40-38/h1-24,39H. The molecular formula is C38H25NS. The molecule has 0 saturated carbocycles. The summed E-state index contributed by atoms with van der Waals surface area (Å²) in [6.45, 7) is 0. The van der Waals surface area contributed by atoms with Gasteiger partial charge in [0.15, 0.2) is 0 Å². The third-order valence-corrected chi connectivity index (χ3v) is 9.01. The third kappa shape index (κ3) is 3.85. The molecule has 0 aliphatic rings. The molecule has 0 amide bonds. The molecule has 0 saturated heterocycles. The maximum absolute atomic E-state index is 3.62. The summed E-state index contributed by atoms with van der Waals surface area (Å²) in [5.74, 6) is 0. The largest absolute Gasteiger partial charge is 0.356 e. The Morgan fingerprint density at radius 3 is 1.80 bits per heavy atom. The van der Waals surface area contributed by atoms with Gasteiger partial charge in [-0.2, -0.15) is 0 Å². The number of fused-ring (bicyclic) bond motifs is 5. The van der Waals surface area contributed by atoms with Crippen LogP contribution in [0.3, 0.4) is 0 Å². The van der Waals surface area contributed by atoms with E-state index in [9.17, 15) is 0 Å². The molecule has 0 fully saturated rings. The number of hydrogen-bond donors (Lipinski definition) is 1. The van der Waals surface area contributed by atoms with Crippen LogP contribution in [-0.4, -0.2) is 0 Å². The second kappa shape index (κ2) is 9.37. The molecule has 1 heterocycles. The van der Waals surface area contributed by atoms with E-state index < -0.39 is 0 Å². The Labute approximate surface area is 237 Å². The van der Waals surface area contributed by atoms with Crippen LogP contribution in [0.4, 0.5) is 11.4 Å². The van der Waals surface area contributed by atoms with Crippen molar-refractivity contribution < 1.29 is 0 Å². The lowest BCUT2D eigenvalue weighted by atomic mass is 9.91. The second-order valence-electron chi connectivity index (χ2n) is 10.2. The summed E-state index contributed by atoms with van der Waals surface area (Å²) < 4.78 is 2.65.